The van der Waals surface area contributed by atoms with Crippen LogP contribution in [0.2, 0.25) is 18.1 Å². The van der Waals surface area contributed by atoms with Crippen LogP contribution in [-0.2, 0) is 14.0 Å². The second-order valence-corrected chi connectivity index (χ2v) is 12.0. The van der Waals surface area contributed by atoms with E-state index in [4.69, 9.17) is 9.16 Å². The van der Waals surface area contributed by atoms with Crippen molar-refractivity contribution in [3.63, 3.8) is 0 Å². The van der Waals surface area contributed by atoms with E-state index in [-0.39, 0.29) is 10.7 Å². The van der Waals surface area contributed by atoms with Crippen LogP contribution in [0.4, 0.5) is 0 Å². The molecular formula is C17H28N2O4Si. The standard InChI is InChI=1S/C17H28N2O4Si/c1-17(2,3)24(5,6)23-12-10-14(16(21)22-4)19-15(20)13-9-7-8-11-18-13/h7-9,11,14H,10,12H2,1-6H3,(H,19,20)/t14-/m0/s1. The summed E-state index contributed by atoms with van der Waals surface area (Å²) in [7, 11) is -0.595. The van der Waals surface area contributed by atoms with Crippen LogP contribution < -0.4 is 5.32 Å². The Labute approximate surface area is 145 Å². The van der Waals surface area contributed by atoms with Crippen LogP contribution in [0.5, 0.6) is 0 Å². The fourth-order valence-corrected chi connectivity index (χ4v) is 2.83. The first kappa shape index (κ1) is 20.3. The van der Waals surface area contributed by atoms with E-state index in [1.54, 1.807) is 18.2 Å². The van der Waals surface area contributed by atoms with Gasteiger partial charge in [-0.25, -0.2) is 4.79 Å². The van der Waals surface area contributed by atoms with Gasteiger partial charge in [-0.1, -0.05) is 26.8 Å². The highest BCUT2D eigenvalue weighted by Gasteiger charge is 2.37. The summed E-state index contributed by atoms with van der Waals surface area (Å²) in [6.45, 7) is 11.1. The monoisotopic (exact) mass is 352 g/mol. The maximum Gasteiger partial charge on any atom is 0.328 e. The molecule has 24 heavy (non-hydrogen) atoms. The van der Waals surface area contributed by atoms with Gasteiger partial charge >= 0.3 is 5.97 Å². The average molecular weight is 353 g/mol. The Morgan fingerprint density at radius 1 is 1.29 bits per heavy atom. The van der Waals surface area contributed by atoms with E-state index >= 15 is 0 Å². The Kier molecular flexibility index (Phi) is 7.10. The largest absolute Gasteiger partial charge is 0.467 e. The first-order valence-electron chi connectivity index (χ1n) is 8.02. The van der Waals surface area contributed by atoms with Crippen LogP contribution in [0.25, 0.3) is 0 Å². The third kappa shape index (κ3) is 5.72. The van der Waals surface area contributed by atoms with Crippen molar-refractivity contribution >= 4 is 20.2 Å². The van der Waals surface area contributed by atoms with Gasteiger partial charge in [-0.05, 0) is 30.3 Å². The van der Waals surface area contributed by atoms with Crippen molar-refractivity contribution < 1.29 is 18.8 Å². The summed E-state index contributed by atoms with van der Waals surface area (Å²) in [6, 6.07) is 4.28. The molecule has 0 bridgehead atoms. The lowest BCUT2D eigenvalue weighted by Crippen LogP contribution is -2.45. The Bertz CT molecular complexity index is 555. The molecular weight excluding hydrogens is 324 g/mol. The van der Waals surface area contributed by atoms with Crippen LogP contribution in [-0.4, -0.2) is 44.9 Å². The minimum atomic E-state index is -1.90. The minimum absolute atomic E-state index is 0.0883. The highest BCUT2D eigenvalue weighted by Crippen LogP contribution is 2.36. The zero-order valence-electron chi connectivity index (χ0n) is 15.4. The van der Waals surface area contributed by atoms with Gasteiger partial charge in [-0.2, -0.15) is 0 Å². The number of carbonyl (C=O) groups is 2. The van der Waals surface area contributed by atoms with E-state index < -0.39 is 26.2 Å². The predicted octanol–water partition coefficient (Wildman–Crippen LogP) is 2.76. The van der Waals surface area contributed by atoms with Crippen molar-refractivity contribution in [1.29, 1.82) is 0 Å². The number of methoxy groups -OCH3 is 1. The number of hydrogen-bond donors (Lipinski definition) is 1. The van der Waals surface area contributed by atoms with Gasteiger partial charge in [0.25, 0.3) is 5.91 Å². The fourth-order valence-electron chi connectivity index (χ4n) is 1.77. The lowest BCUT2D eigenvalue weighted by molar-refractivity contribution is -0.143. The molecule has 6 nitrogen and oxygen atoms in total. The third-order valence-corrected chi connectivity index (χ3v) is 8.90. The van der Waals surface area contributed by atoms with Gasteiger partial charge in [0.1, 0.15) is 11.7 Å². The topological polar surface area (TPSA) is 77.5 Å². The summed E-state index contributed by atoms with van der Waals surface area (Å²) < 4.78 is 10.9. The molecule has 7 heteroatoms. The summed E-state index contributed by atoms with van der Waals surface area (Å²) in [6.07, 6.45) is 1.89. The number of nitrogens with one attached hydrogen (secondary N) is 1. The fraction of sp³-hybridized carbons (Fsp3) is 0.588. The Morgan fingerprint density at radius 3 is 2.46 bits per heavy atom. The van der Waals surface area contributed by atoms with Crippen LogP contribution in [0.1, 0.15) is 37.7 Å². The number of carbonyl (C=O) groups excluding carboxylic acids is 2. The van der Waals surface area contributed by atoms with Crippen molar-refractivity contribution in [3.8, 4) is 0 Å². The van der Waals surface area contributed by atoms with E-state index in [0.29, 0.717) is 13.0 Å². The third-order valence-electron chi connectivity index (χ3n) is 4.36. The van der Waals surface area contributed by atoms with E-state index in [1.165, 1.54) is 13.3 Å². The first-order valence-corrected chi connectivity index (χ1v) is 10.9. The average Bonchev–Trinajstić information content (AvgIpc) is 2.52. The molecule has 0 aromatic carbocycles. The molecule has 1 heterocycles. The quantitative estimate of drug-likeness (QED) is 0.603. The number of aromatic nitrogens is 1. The zero-order valence-corrected chi connectivity index (χ0v) is 16.4. The van der Waals surface area contributed by atoms with Crippen molar-refractivity contribution in [2.75, 3.05) is 13.7 Å². The lowest BCUT2D eigenvalue weighted by Gasteiger charge is -2.36. The van der Waals surface area contributed by atoms with Gasteiger partial charge in [0.2, 0.25) is 0 Å². The zero-order chi connectivity index (χ0) is 18.4. The van der Waals surface area contributed by atoms with Gasteiger partial charge in [0.15, 0.2) is 8.32 Å². The highest BCUT2D eigenvalue weighted by atomic mass is 28.4. The minimum Gasteiger partial charge on any atom is -0.467 e. The molecule has 0 aliphatic heterocycles. The van der Waals surface area contributed by atoms with Crippen LogP contribution in [0.3, 0.4) is 0 Å². The number of nitrogens with zero attached hydrogens (tertiary/aromatic N) is 1. The molecule has 0 saturated carbocycles. The van der Waals surface area contributed by atoms with Crippen molar-refractivity contribution in [1.82, 2.24) is 10.3 Å². The maximum atomic E-state index is 12.2. The van der Waals surface area contributed by atoms with Gasteiger partial charge in [-0.3, -0.25) is 9.78 Å². The molecule has 0 radical (unpaired) electrons. The molecule has 0 unspecified atom stereocenters. The second-order valence-electron chi connectivity index (χ2n) is 7.16. The maximum absolute atomic E-state index is 12.2. The Balaban J connectivity index is 2.67. The first-order chi connectivity index (χ1) is 11.1. The molecule has 0 aliphatic carbocycles. The summed E-state index contributed by atoms with van der Waals surface area (Å²) in [5, 5.41) is 2.76. The molecule has 1 atom stereocenters. The van der Waals surface area contributed by atoms with Crippen LogP contribution in [0.15, 0.2) is 24.4 Å². The number of amides is 1. The van der Waals surface area contributed by atoms with Gasteiger partial charge in [0, 0.05) is 19.2 Å². The summed E-state index contributed by atoms with van der Waals surface area (Å²) >= 11 is 0. The summed E-state index contributed by atoms with van der Waals surface area (Å²) in [5.74, 6) is -0.892. The van der Waals surface area contributed by atoms with Crippen LogP contribution >= 0.6 is 0 Å². The van der Waals surface area contributed by atoms with Crippen LogP contribution in [0, 0.1) is 0 Å². The molecule has 0 saturated heterocycles. The molecule has 0 fully saturated rings. The molecule has 1 amide bonds. The SMILES string of the molecule is COC(=O)[C@H](CCO[Si](C)(C)C(C)(C)C)NC(=O)c1ccccn1. The van der Waals surface area contributed by atoms with E-state index in [9.17, 15) is 9.59 Å². The van der Waals surface area contributed by atoms with E-state index in [2.05, 4.69) is 44.2 Å². The Morgan fingerprint density at radius 2 is 1.96 bits per heavy atom. The number of esters is 1. The van der Waals surface area contributed by atoms with E-state index in [1.807, 2.05) is 0 Å². The molecule has 0 aliphatic rings. The molecule has 0 spiro atoms. The number of pyridine rings is 1. The van der Waals surface area contributed by atoms with Crippen molar-refractivity contribution in [2.24, 2.45) is 0 Å². The molecule has 1 N–H and O–H groups in total. The lowest BCUT2D eigenvalue weighted by atomic mass is 10.2. The number of rotatable bonds is 7. The summed E-state index contributed by atoms with van der Waals surface area (Å²) in [4.78, 5) is 28.1. The second kappa shape index (κ2) is 8.39. The number of ether oxygens (including phenoxy) is 1. The van der Waals surface area contributed by atoms with E-state index in [0.717, 1.165) is 0 Å². The highest BCUT2D eigenvalue weighted by molar-refractivity contribution is 6.74. The molecule has 1 aromatic heterocycles. The molecule has 1 rings (SSSR count). The normalized spacial score (nSPS) is 13.2. The summed E-state index contributed by atoms with van der Waals surface area (Å²) in [5.41, 5.74) is 0.261. The van der Waals surface area contributed by atoms with Gasteiger partial charge < -0.3 is 14.5 Å². The van der Waals surface area contributed by atoms with Gasteiger partial charge in [-0.15, -0.1) is 0 Å². The van der Waals surface area contributed by atoms with Crippen molar-refractivity contribution in [3.05, 3.63) is 30.1 Å². The predicted molar refractivity (Wildman–Crippen MR) is 95.3 cm³/mol. The number of hydrogen-bond acceptors (Lipinski definition) is 5. The molecule has 134 valence electrons. The smallest absolute Gasteiger partial charge is 0.328 e. The van der Waals surface area contributed by atoms with Gasteiger partial charge in [0.05, 0.1) is 7.11 Å². The molecule has 1 aromatic rings. The van der Waals surface area contributed by atoms with Crippen molar-refractivity contribution in [2.45, 2.75) is 51.4 Å². The Hall–Kier alpha value is -1.73.